The third kappa shape index (κ3) is 1.69. The van der Waals surface area contributed by atoms with Gasteiger partial charge in [-0.1, -0.05) is 6.07 Å². The summed E-state index contributed by atoms with van der Waals surface area (Å²) >= 11 is 0. The highest BCUT2D eigenvalue weighted by Gasteiger charge is 2.31. The van der Waals surface area contributed by atoms with E-state index in [1.165, 1.54) is 24.8 Å². The summed E-state index contributed by atoms with van der Waals surface area (Å²) in [6, 6.07) is 6.14. The van der Waals surface area contributed by atoms with Crippen molar-refractivity contribution >= 4 is 11.4 Å². The number of nitrogens with one attached hydrogen (secondary N) is 1. The van der Waals surface area contributed by atoms with Crippen LogP contribution in [-0.2, 0) is 0 Å². The number of nitrogen functional groups attached to an aromatic ring is 1. The van der Waals surface area contributed by atoms with Crippen LogP contribution in [0.15, 0.2) is 18.2 Å². The van der Waals surface area contributed by atoms with Gasteiger partial charge in [-0.3, -0.25) is 0 Å². The van der Waals surface area contributed by atoms with E-state index in [1.807, 2.05) is 12.1 Å². The van der Waals surface area contributed by atoms with E-state index in [9.17, 15) is 0 Å². The molecule has 0 amide bonds. The van der Waals surface area contributed by atoms with Crippen molar-refractivity contribution in [3.8, 4) is 0 Å². The lowest BCUT2D eigenvalue weighted by molar-refractivity contribution is 0.307. The van der Waals surface area contributed by atoms with Crippen molar-refractivity contribution in [3.63, 3.8) is 0 Å². The molecule has 1 aromatic carbocycles. The molecule has 1 fully saturated rings. The molecule has 0 radical (unpaired) electrons. The highest BCUT2D eigenvalue weighted by atomic mass is 15.0. The van der Waals surface area contributed by atoms with Gasteiger partial charge in [-0.15, -0.1) is 0 Å². The highest BCUT2D eigenvalue weighted by Crippen LogP contribution is 2.36. The molecule has 0 atom stereocenters. The predicted molar refractivity (Wildman–Crippen MR) is 61.5 cm³/mol. The van der Waals surface area contributed by atoms with Gasteiger partial charge >= 0.3 is 0 Å². The molecule has 0 bridgehead atoms. The average molecular weight is 190 g/mol. The Morgan fingerprint density at radius 2 is 2.07 bits per heavy atom. The molecule has 3 N–H and O–H groups in total. The lowest BCUT2D eigenvalue weighted by atomic mass is 9.78. The molecular weight excluding hydrogens is 172 g/mol. The fraction of sp³-hybridized carbons (Fsp3) is 0.500. The van der Waals surface area contributed by atoms with E-state index < -0.39 is 0 Å². The van der Waals surface area contributed by atoms with E-state index in [0.717, 1.165) is 11.4 Å². The summed E-state index contributed by atoms with van der Waals surface area (Å²) in [5, 5.41) is 3.54. The zero-order chi connectivity index (χ0) is 10.2. The van der Waals surface area contributed by atoms with E-state index in [4.69, 9.17) is 5.73 Å². The van der Waals surface area contributed by atoms with Gasteiger partial charge in [0.05, 0.1) is 11.4 Å². The predicted octanol–water partition coefficient (Wildman–Crippen LogP) is 2.93. The van der Waals surface area contributed by atoms with Gasteiger partial charge in [-0.05, 0) is 50.8 Å². The lowest BCUT2D eigenvalue weighted by Gasteiger charge is -2.40. The zero-order valence-corrected chi connectivity index (χ0v) is 8.93. The average Bonchev–Trinajstić information content (AvgIpc) is 2.09. The Balaban J connectivity index is 2.19. The molecule has 2 rings (SSSR count). The number of hydrogen-bond donors (Lipinski definition) is 2. The highest BCUT2D eigenvalue weighted by molar-refractivity contribution is 5.68. The van der Waals surface area contributed by atoms with Crippen LogP contribution in [0.3, 0.4) is 0 Å². The third-order valence-corrected chi connectivity index (χ3v) is 3.10. The monoisotopic (exact) mass is 190 g/mol. The minimum Gasteiger partial charge on any atom is -0.397 e. The van der Waals surface area contributed by atoms with E-state index in [-0.39, 0.29) is 5.54 Å². The van der Waals surface area contributed by atoms with Crippen molar-refractivity contribution in [2.45, 2.75) is 38.6 Å². The SMILES string of the molecule is Cc1ccc(N)c(NC2(C)CCC2)c1. The van der Waals surface area contributed by atoms with Gasteiger partial charge in [-0.25, -0.2) is 0 Å². The van der Waals surface area contributed by atoms with Crippen LogP contribution in [0.25, 0.3) is 0 Å². The van der Waals surface area contributed by atoms with Crippen LogP contribution in [0, 0.1) is 6.92 Å². The molecule has 76 valence electrons. The first-order valence-corrected chi connectivity index (χ1v) is 5.23. The summed E-state index contributed by atoms with van der Waals surface area (Å²) in [7, 11) is 0. The maximum absolute atomic E-state index is 5.91. The number of nitrogens with two attached hydrogens (primary N) is 1. The molecule has 0 spiro atoms. The second-order valence-electron chi connectivity index (χ2n) is 4.63. The Labute approximate surface area is 85.5 Å². The van der Waals surface area contributed by atoms with E-state index in [1.54, 1.807) is 0 Å². The van der Waals surface area contributed by atoms with Crippen LogP contribution < -0.4 is 11.1 Å². The van der Waals surface area contributed by atoms with E-state index in [0.29, 0.717) is 0 Å². The molecule has 0 unspecified atom stereocenters. The van der Waals surface area contributed by atoms with Gasteiger partial charge in [0.25, 0.3) is 0 Å². The maximum atomic E-state index is 5.91. The Hall–Kier alpha value is -1.18. The number of aryl methyl sites for hydroxylation is 1. The van der Waals surface area contributed by atoms with Gasteiger partial charge in [0, 0.05) is 5.54 Å². The lowest BCUT2D eigenvalue weighted by Crippen LogP contribution is -2.41. The summed E-state index contributed by atoms with van der Waals surface area (Å²) in [5.41, 5.74) is 9.39. The molecule has 1 aromatic rings. The number of benzene rings is 1. The Morgan fingerprint density at radius 3 is 2.64 bits per heavy atom. The summed E-state index contributed by atoms with van der Waals surface area (Å²) in [5.74, 6) is 0. The van der Waals surface area contributed by atoms with Crippen molar-refractivity contribution < 1.29 is 0 Å². The summed E-state index contributed by atoms with van der Waals surface area (Å²) in [4.78, 5) is 0. The number of rotatable bonds is 2. The normalized spacial score (nSPS) is 18.7. The quantitative estimate of drug-likeness (QED) is 0.704. The van der Waals surface area contributed by atoms with Crippen molar-refractivity contribution in [3.05, 3.63) is 23.8 Å². The maximum Gasteiger partial charge on any atom is 0.0580 e. The van der Waals surface area contributed by atoms with Crippen LogP contribution in [0.1, 0.15) is 31.7 Å². The van der Waals surface area contributed by atoms with Crippen LogP contribution in [0.4, 0.5) is 11.4 Å². The molecular formula is C12H18N2. The minimum absolute atomic E-state index is 0.280. The summed E-state index contributed by atoms with van der Waals surface area (Å²) in [6.07, 6.45) is 3.83. The molecule has 0 heterocycles. The standard InChI is InChI=1S/C12H18N2/c1-9-4-5-10(13)11(8-9)14-12(2)6-3-7-12/h4-5,8,14H,3,6-7,13H2,1-2H3. The smallest absolute Gasteiger partial charge is 0.0580 e. The van der Waals surface area contributed by atoms with Gasteiger partial charge in [0.15, 0.2) is 0 Å². The fourth-order valence-corrected chi connectivity index (χ4v) is 1.94. The van der Waals surface area contributed by atoms with Gasteiger partial charge in [0.1, 0.15) is 0 Å². The first kappa shape index (κ1) is 9.38. The van der Waals surface area contributed by atoms with E-state index >= 15 is 0 Å². The van der Waals surface area contributed by atoms with Crippen LogP contribution in [0.2, 0.25) is 0 Å². The minimum atomic E-state index is 0.280. The van der Waals surface area contributed by atoms with Crippen molar-refractivity contribution in [2.75, 3.05) is 11.1 Å². The molecule has 1 aliphatic carbocycles. The van der Waals surface area contributed by atoms with Crippen LogP contribution >= 0.6 is 0 Å². The first-order valence-electron chi connectivity index (χ1n) is 5.23. The molecule has 2 nitrogen and oxygen atoms in total. The second kappa shape index (κ2) is 3.19. The molecule has 0 aromatic heterocycles. The van der Waals surface area contributed by atoms with Crippen LogP contribution in [-0.4, -0.2) is 5.54 Å². The van der Waals surface area contributed by atoms with Crippen molar-refractivity contribution in [1.29, 1.82) is 0 Å². The first-order chi connectivity index (χ1) is 6.59. The van der Waals surface area contributed by atoms with Gasteiger partial charge in [-0.2, -0.15) is 0 Å². The van der Waals surface area contributed by atoms with E-state index in [2.05, 4.69) is 25.2 Å². The summed E-state index contributed by atoms with van der Waals surface area (Å²) < 4.78 is 0. The molecule has 1 aliphatic rings. The van der Waals surface area contributed by atoms with Crippen molar-refractivity contribution in [1.82, 2.24) is 0 Å². The Bertz CT molecular complexity index is 340. The second-order valence-corrected chi connectivity index (χ2v) is 4.63. The fourth-order valence-electron chi connectivity index (χ4n) is 1.94. The third-order valence-electron chi connectivity index (χ3n) is 3.10. The Morgan fingerprint density at radius 1 is 1.36 bits per heavy atom. The molecule has 14 heavy (non-hydrogen) atoms. The van der Waals surface area contributed by atoms with Crippen molar-refractivity contribution in [2.24, 2.45) is 0 Å². The molecule has 0 saturated heterocycles. The molecule has 1 saturated carbocycles. The number of hydrogen-bond acceptors (Lipinski definition) is 2. The summed E-state index contributed by atoms with van der Waals surface area (Å²) in [6.45, 7) is 4.35. The Kier molecular flexibility index (Phi) is 2.14. The largest absolute Gasteiger partial charge is 0.397 e. The van der Waals surface area contributed by atoms with Gasteiger partial charge in [0.2, 0.25) is 0 Å². The number of anilines is 2. The van der Waals surface area contributed by atoms with Gasteiger partial charge < -0.3 is 11.1 Å². The van der Waals surface area contributed by atoms with Crippen LogP contribution in [0.5, 0.6) is 0 Å². The topological polar surface area (TPSA) is 38.0 Å². The zero-order valence-electron chi connectivity index (χ0n) is 8.93. The molecule has 2 heteroatoms. The molecule has 0 aliphatic heterocycles.